The second-order valence-electron chi connectivity index (χ2n) is 4.86. The maximum atomic E-state index is 11.0. The molecule has 0 bridgehead atoms. The minimum Gasteiger partial charge on any atom is -0.493 e. The maximum absolute atomic E-state index is 11.0. The van der Waals surface area contributed by atoms with Crippen LogP contribution < -0.4 is 15.4 Å². The van der Waals surface area contributed by atoms with Gasteiger partial charge < -0.3 is 15.4 Å². The Balaban J connectivity index is 2.28. The van der Waals surface area contributed by atoms with E-state index in [0.29, 0.717) is 24.2 Å². The molecule has 0 saturated heterocycles. The van der Waals surface area contributed by atoms with Crippen molar-refractivity contribution in [2.24, 2.45) is 5.73 Å². The van der Waals surface area contributed by atoms with Crippen molar-refractivity contribution < 1.29 is 14.4 Å². The lowest BCUT2D eigenvalue weighted by molar-refractivity contribution is -0.913. The summed E-state index contributed by atoms with van der Waals surface area (Å²) in [4.78, 5) is 12.1. The number of nitrogens with one attached hydrogen (secondary N) is 1. The van der Waals surface area contributed by atoms with Gasteiger partial charge in [0.05, 0.1) is 19.2 Å². The molecule has 0 aliphatic carbocycles. The van der Waals surface area contributed by atoms with Crippen molar-refractivity contribution in [3.63, 3.8) is 0 Å². The standard InChI is InChI=1S/C14H21ClN2O2/c1-11(2)17(10-14(16)18)8-3-9-19-13-6-4-12(15)5-7-13/h4-7,11H,3,8-10H2,1-2H3,(H2,16,18)/p+1. The molecular formula is C14H22ClN2O2+. The van der Waals surface area contributed by atoms with Crippen LogP contribution in [-0.4, -0.2) is 31.6 Å². The molecule has 0 radical (unpaired) electrons. The predicted octanol–water partition coefficient (Wildman–Crippen LogP) is 0.887. The van der Waals surface area contributed by atoms with Gasteiger partial charge >= 0.3 is 0 Å². The molecule has 3 N–H and O–H groups in total. The molecule has 0 spiro atoms. The zero-order valence-corrected chi connectivity index (χ0v) is 12.2. The zero-order valence-electron chi connectivity index (χ0n) is 11.5. The Labute approximate surface area is 119 Å². The van der Waals surface area contributed by atoms with E-state index in [0.717, 1.165) is 18.7 Å². The summed E-state index contributed by atoms with van der Waals surface area (Å²) in [5.74, 6) is 0.549. The highest BCUT2D eigenvalue weighted by molar-refractivity contribution is 6.30. The highest BCUT2D eigenvalue weighted by atomic mass is 35.5. The van der Waals surface area contributed by atoms with E-state index < -0.39 is 0 Å². The molecule has 0 aliphatic rings. The number of primary amides is 1. The lowest BCUT2D eigenvalue weighted by atomic mass is 10.3. The maximum Gasteiger partial charge on any atom is 0.272 e. The second-order valence-corrected chi connectivity index (χ2v) is 5.30. The highest BCUT2D eigenvalue weighted by Crippen LogP contribution is 2.15. The summed E-state index contributed by atoms with van der Waals surface area (Å²) in [6, 6.07) is 7.67. The first kappa shape index (κ1) is 15.8. The summed E-state index contributed by atoms with van der Waals surface area (Å²) in [5, 5.41) is 0.698. The number of rotatable bonds is 8. The Morgan fingerprint density at radius 2 is 2.00 bits per heavy atom. The first-order chi connectivity index (χ1) is 8.99. The van der Waals surface area contributed by atoms with Gasteiger partial charge in [0, 0.05) is 11.4 Å². The normalized spacial score (nSPS) is 12.4. The molecule has 1 amide bonds. The summed E-state index contributed by atoms with van der Waals surface area (Å²) in [7, 11) is 0. The van der Waals surface area contributed by atoms with Gasteiger partial charge in [0.1, 0.15) is 5.75 Å². The van der Waals surface area contributed by atoms with Crippen molar-refractivity contribution >= 4 is 17.5 Å². The molecule has 0 heterocycles. The second kappa shape index (κ2) is 8.02. The quantitative estimate of drug-likeness (QED) is 0.697. The van der Waals surface area contributed by atoms with Gasteiger partial charge in [-0.05, 0) is 38.1 Å². The third-order valence-corrected chi connectivity index (χ3v) is 3.19. The van der Waals surface area contributed by atoms with Crippen LogP contribution in [0.3, 0.4) is 0 Å². The lowest BCUT2D eigenvalue weighted by Gasteiger charge is -2.21. The molecular weight excluding hydrogens is 264 g/mol. The number of hydrogen-bond acceptors (Lipinski definition) is 2. The minimum atomic E-state index is -0.262. The molecule has 1 aromatic rings. The fraction of sp³-hybridized carbons (Fsp3) is 0.500. The number of hydrogen-bond donors (Lipinski definition) is 2. The van der Waals surface area contributed by atoms with Gasteiger partial charge in [-0.2, -0.15) is 0 Å². The third kappa shape index (κ3) is 6.45. The first-order valence-electron chi connectivity index (χ1n) is 6.50. The van der Waals surface area contributed by atoms with Crippen molar-refractivity contribution in [1.82, 2.24) is 0 Å². The smallest absolute Gasteiger partial charge is 0.272 e. The summed E-state index contributed by atoms with van der Waals surface area (Å²) in [6.07, 6.45) is 0.878. The van der Waals surface area contributed by atoms with E-state index in [1.54, 1.807) is 12.1 Å². The van der Waals surface area contributed by atoms with Crippen molar-refractivity contribution in [2.75, 3.05) is 19.7 Å². The Bertz CT molecular complexity index is 393. The number of ether oxygens (including phenoxy) is 1. The Morgan fingerprint density at radius 1 is 1.37 bits per heavy atom. The average Bonchev–Trinajstić information content (AvgIpc) is 2.34. The van der Waals surface area contributed by atoms with Gasteiger partial charge in [-0.25, -0.2) is 0 Å². The molecule has 0 aromatic heterocycles. The van der Waals surface area contributed by atoms with Gasteiger partial charge in [-0.1, -0.05) is 11.6 Å². The van der Waals surface area contributed by atoms with Crippen LogP contribution >= 0.6 is 11.6 Å². The van der Waals surface area contributed by atoms with Crippen LogP contribution in [0.4, 0.5) is 0 Å². The van der Waals surface area contributed by atoms with Crippen LogP contribution in [0.2, 0.25) is 5.02 Å². The first-order valence-corrected chi connectivity index (χ1v) is 6.88. The van der Waals surface area contributed by atoms with Crippen molar-refractivity contribution in [1.29, 1.82) is 0 Å². The molecule has 1 rings (SSSR count). The van der Waals surface area contributed by atoms with Crippen LogP contribution in [0, 0.1) is 0 Å². The summed E-state index contributed by atoms with van der Waals surface area (Å²) < 4.78 is 5.61. The lowest BCUT2D eigenvalue weighted by Crippen LogP contribution is -3.16. The fourth-order valence-corrected chi connectivity index (χ4v) is 1.95. The van der Waals surface area contributed by atoms with Crippen LogP contribution in [0.5, 0.6) is 5.75 Å². The molecule has 5 heteroatoms. The van der Waals surface area contributed by atoms with Crippen molar-refractivity contribution in [2.45, 2.75) is 26.3 Å². The predicted molar refractivity (Wildman–Crippen MR) is 76.6 cm³/mol. The monoisotopic (exact) mass is 285 g/mol. The van der Waals surface area contributed by atoms with Crippen LogP contribution in [0.25, 0.3) is 0 Å². The molecule has 4 nitrogen and oxygen atoms in total. The number of carbonyl (C=O) groups is 1. The number of amides is 1. The topological polar surface area (TPSA) is 56.8 Å². The number of carbonyl (C=O) groups excluding carboxylic acids is 1. The van der Waals surface area contributed by atoms with Gasteiger partial charge in [0.25, 0.3) is 5.91 Å². The molecule has 0 fully saturated rings. The molecule has 1 atom stereocenters. The average molecular weight is 286 g/mol. The minimum absolute atomic E-state index is 0.262. The van der Waals surface area contributed by atoms with E-state index in [-0.39, 0.29) is 5.91 Å². The van der Waals surface area contributed by atoms with E-state index in [2.05, 4.69) is 13.8 Å². The van der Waals surface area contributed by atoms with Crippen LogP contribution in [0.15, 0.2) is 24.3 Å². The molecule has 0 saturated carbocycles. The van der Waals surface area contributed by atoms with Crippen LogP contribution in [0.1, 0.15) is 20.3 Å². The molecule has 106 valence electrons. The highest BCUT2D eigenvalue weighted by Gasteiger charge is 2.15. The Hall–Kier alpha value is -1.26. The number of benzene rings is 1. The number of nitrogens with two attached hydrogens (primary N) is 1. The Morgan fingerprint density at radius 3 is 2.53 bits per heavy atom. The largest absolute Gasteiger partial charge is 0.493 e. The van der Waals surface area contributed by atoms with E-state index in [1.807, 2.05) is 12.1 Å². The van der Waals surface area contributed by atoms with E-state index in [4.69, 9.17) is 22.1 Å². The van der Waals surface area contributed by atoms with Crippen molar-refractivity contribution in [3.8, 4) is 5.75 Å². The van der Waals surface area contributed by atoms with Crippen LogP contribution in [-0.2, 0) is 4.79 Å². The van der Waals surface area contributed by atoms with E-state index in [9.17, 15) is 4.79 Å². The molecule has 1 aromatic carbocycles. The zero-order chi connectivity index (χ0) is 14.3. The van der Waals surface area contributed by atoms with Gasteiger partial charge in [0.15, 0.2) is 6.54 Å². The third-order valence-electron chi connectivity index (χ3n) is 2.94. The molecule has 1 unspecified atom stereocenters. The molecule has 19 heavy (non-hydrogen) atoms. The van der Waals surface area contributed by atoms with Gasteiger partial charge in [0.2, 0.25) is 0 Å². The molecule has 0 aliphatic heterocycles. The van der Waals surface area contributed by atoms with E-state index in [1.165, 1.54) is 4.90 Å². The number of quaternary nitrogens is 1. The Kier molecular flexibility index (Phi) is 6.67. The van der Waals surface area contributed by atoms with Gasteiger partial charge in [-0.15, -0.1) is 0 Å². The summed E-state index contributed by atoms with van der Waals surface area (Å²) in [5.41, 5.74) is 5.24. The SMILES string of the molecule is CC(C)[NH+](CCCOc1ccc(Cl)cc1)CC(N)=O. The van der Waals surface area contributed by atoms with E-state index >= 15 is 0 Å². The summed E-state index contributed by atoms with van der Waals surface area (Å²) in [6.45, 7) is 6.03. The fourth-order valence-electron chi connectivity index (χ4n) is 1.83. The summed E-state index contributed by atoms with van der Waals surface area (Å²) >= 11 is 5.80. The van der Waals surface area contributed by atoms with Crippen molar-refractivity contribution in [3.05, 3.63) is 29.3 Å². The number of halogens is 1. The van der Waals surface area contributed by atoms with Gasteiger partial charge in [-0.3, -0.25) is 4.79 Å².